The number of benzene rings is 1. The van der Waals surface area contributed by atoms with Gasteiger partial charge >= 0.3 is 0 Å². The molecule has 0 radical (unpaired) electrons. The van der Waals surface area contributed by atoms with Gasteiger partial charge in [-0.15, -0.1) is 0 Å². The Kier molecular flexibility index (Phi) is 2.06. The van der Waals surface area contributed by atoms with Crippen LogP contribution in [0.15, 0.2) is 18.3 Å². The van der Waals surface area contributed by atoms with Crippen LogP contribution in [0.3, 0.4) is 0 Å². The number of aryl methyl sites for hydroxylation is 2. The van der Waals surface area contributed by atoms with Crippen LogP contribution in [-0.4, -0.2) is 9.78 Å². The van der Waals surface area contributed by atoms with E-state index in [4.69, 9.17) is 0 Å². The lowest BCUT2D eigenvalue weighted by Gasteiger charge is -2.06. The van der Waals surface area contributed by atoms with Gasteiger partial charge in [0.25, 0.3) is 0 Å². The summed E-state index contributed by atoms with van der Waals surface area (Å²) in [6.07, 6.45) is 2.08. The Morgan fingerprint density at radius 2 is 2.00 bits per heavy atom. The number of aromatic nitrogens is 2. The van der Waals surface area contributed by atoms with Crippen molar-refractivity contribution < 1.29 is 0 Å². The monoisotopic (exact) mass is 188 g/mol. The zero-order chi connectivity index (χ0) is 10.3. The van der Waals surface area contributed by atoms with Crippen molar-refractivity contribution in [2.75, 3.05) is 0 Å². The fourth-order valence-electron chi connectivity index (χ4n) is 1.78. The van der Waals surface area contributed by atoms with Crippen LogP contribution in [0.2, 0.25) is 0 Å². The van der Waals surface area contributed by atoms with E-state index in [1.54, 1.807) is 0 Å². The molecular weight excluding hydrogens is 172 g/mol. The summed E-state index contributed by atoms with van der Waals surface area (Å²) in [5, 5.41) is 5.69. The van der Waals surface area contributed by atoms with Crippen LogP contribution in [0.4, 0.5) is 0 Å². The molecule has 0 N–H and O–H groups in total. The van der Waals surface area contributed by atoms with Crippen LogP contribution < -0.4 is 0 Å². The number of rotatable bonds is 1. The third-order valence-corrected chi connectivity index (χ3v) is 2.64. The van der Waals surface area contributed by atoms with E-state index in [1.165, 1.54) is 16.5 Å². The topological polar surface area (TPSA) is 17.8 Å². The van der Waals surface area contributed by atoms with E-state index < -0.39 is 0 Å². The van der Waals surface area contributed by atoms with Crippen LogP contribution in [0.25, 0.3) is 10.9 Å². The first-order valence-corrected chi connectivity index (χ1v) is 5.02. The molecule has 1 heterocycles. The summed E-state index contributed by atoms with van der Waals surface area (Å²) in [5.41, 5.74) is 3.80. The van der Waals surface area contributed by atoms with Gasteiger partial charge in [-0.25, -0.2) is 0 Å². The van der Waals surface area contributed by atoms with Crippen molar-refractivity contribution in [2.45, 2.75) is 26.7 Å². The predicted octanol–water partition coefficient (Wildman–Crippen LogP) is 3.01. The van der Waals surface area contributed by atoms with Crippen LogP contribution in [0.5, 0.6) is 0 Å². The number of nitrogens with zero attached hydrogens (tertiary/aromatic N) is 2. The fraction of sp³-hybridized carbons (Fsp3) is 0.417. The van der Waals surface area contributed by atoms with Crippen LogP contribution in [0, 0.1) is 6.92 Å². The molecule has 0 bridgehead atoms. The van der Waals surface area contributed by atoms with Crippen molar-refractivity contribution in [3.63, 3.8) is 0 Å². The van der Waals surface area contributed by atoms with E-state index in [0.717, 1.165) is 5.52 Å². The molecule has 14 heavy (non-hydrogen) atoms. The summed E-state index contributed by atoms with van der Waals surface area (Å²) in [5.74, 6) is 0.570. The number of hydrogen-bond donors (Lipinski definition) is 0. The lowest BCUT2D eigenvalue weighted by Crippen LogP contribution is -1.89. The largest absolute Gasteiger partial charge is 0.275 e. The second-order valence-corrected chi connectivity index (χ2v) is 4.23. The first kappa shape index (κ1) is 9.25. The van der Waals surface area contributed by atoms with Crippen LogP contribution >= 0.6 is 0 Å². The van der Waals surface area contributed by atoms with Gasteiger partial charge in [0, 0.05) is 18.6 Å². The summed E-state index contributed by atoms with van der Waals surface area (Å²) in [6.45, 7) is 6.57. The molecule has 0 spiro atoms. The van der Waals surface area contributed by atoms with Crippen molar-refractivity contribution in [1.29, 1.82) is 0 Å². The van der Waals surface area contributed by atoms with E-state index in [0.29, 0.717) is 5.92 Å². The van der Waals surface area contributed by atoms with Gasteiger partial charge in [0.05, 0.1) is 5.52 Å². The fourth-order valence-corrected chi connectivity index (χ4v) is 1.78. The third-order valence-electron chi connectivity index (χ3n) is 2.64. The van der Waals surface area contributed by atoms with E-state index in [9.17, 15) is 0 Å². The summed E-state index contributed by atoms with van der Waals surface area (Å²) in [7, 11) is 1.97. The summed E-state index contributed by atoms with van der Waals surface area (Å²) in [6, 6.07) is 4.45. The van der Waals surface area contributed by atoms with Gasteiger partial charge in [0.1, 0.15) is 0 Å². The second kappa shape index (κ2) is 3.12. The molecule has 0 fully saturated rings. The highest BCUT2D eigenvalue weighted by atomic mass is 15.2. The summed E-state index contributed by atoms with van der Waals surface area (Å²) in [4.78, 5) is 0. The normalized spacial score (nSPS) is 11.5. The van der Waals surface area contributed by atoms with Gasteiger partial charge in [-0.2, -0.15) is 5.10 Å². The molecule has 0 aliphatic heterocycles. The Hall–Kier alpha value is -1.31. The molecule has 1 aromatic carbocycles. The van der Waals surface area contributed by atoms with E-state index >= 15 is 0 Å². The van der Waals surface area contributed by atoms with E-state index in [2.05, 4.69) is 44.2 Å². The Labute approximate surface area is 84.5 Å². The third kappa shape index (κ3) is 1.41. The zero-order valence-electron chi connectivity index (χ0n) is 9.20. The molecule has 0 aliphatic carbocycles. The lowest BCUT2D eigenvalue weighted by molar-refractivity contribution is 0.779. The average Bonchev–Trinajstić information content (AvgIpc) is 2.45. The Balaban J connectivity index is 2.71. The molecule has 0 aliphatic rings. The molecule has 2 nitrogen and oxygen atoms in total. The summed E-state index contributed by atoms with van der Waals surface area (Å²) >= 11 is 0. The van der Waals surface area contributed by atoms with Crippen LogP contribution in [-0.2, 0) is 7.05 Å². The van der Waals surface area contributed by atoms with Gasteiger partial charge in [-0.05, 0) is 30.0 Å². The maximum atomic E-state index is 4.43. The Morgan fingerprint density at radius 1 is 1.29 bits per heavy atom. The smallest absolute Gasteiger partial charge is 0.0928 e. The van der Waals surface area contributed by atoms with Gasteiger partial charge in [-0.1, -0.05) is 19.9 Å². The van der Waals surface area contributed by atoms with Gasteiger partial charge in [0.15, 0.2) is 0 Å². The molecule has 2 aromatic rings. The second-order valence-electron chi connectivity index (χ2n) is 4.23. The molecule has 0 atom stereocenters. The van der Waals surface area contributed by atoms with E-state index in [-0.39, 0.29) is 0 Å². The highest BCUT2D eigenvalue weighted by molar-refractivity contribution is 5.82. The number of fused-ring (bicyclic) bond motifs is 1. The van der Waals surface area contributed by atoms with Crippen LogP contribution in [0.1, 0.15) is 30.9 Å². The van der Waals surface area contributed by atoms with Crippen molar-refractivity contribution in [2.24, 2.45) is 7.05 Å². The minimum atomic E-state index is 0.570. The van der Waals surface area contributed by atoms with E-state index in [1.807, 2.05) is 11.7 Å². The van der Waals surface area contributed by atoms with Crippen molar-refractivity contribution in [3.05, 3.63) is 29.5 Å². The van der Waals surface area contributed by atoms with Crippen molar-refractivity contribution >= 4 is 10.9 Å². The SMILES string of the molecule is Cc1cc(C(C)C)cc2nn(C)cc12. The van der Waals surface area contributed by atoms with Gasteiger partial charge in [-0.3, -0.25) is 4.68 Å². The first-order valence-electron chi connectivity index (χ1n) is 5.02. The van der Waals surface area contributed by atoms with Crippen molar-refractivity contribution in [1.82, 2.24) is 9.78 Å². The average molecular weight is 188 g/mol. The first-order chi connectivity index (χ1) is 6.58. The lowest BCUT2D eigenvalue weighted by atomic mass is 9.99. The minimum absolute atomic E-state index is 0.570. The van der Waals surface area contributed by atoms with Gasteiger partial charge < -0.3 is 0 Å². The molecular formula is C12H16N2. The highest BCUT2D eigenvalue weighted by Crippen LogP contribution is 2.23. The standard InChI is InChI=1S/C12H16N2/c1-8(2)10-5-9(3)11-7-14(4)13-12(11)6-10/h5-8H,1-4H3. The number of hydrogen-bond acceptors (Lipinski definition) is 1. The zero-order valence-corrected chi connectivity index (χ0v) is 9.20. The quantitative estimate of drug-likeness (QED) is 0.672. The molecule has 0 saturated heterocycles. The molecule has 2 heteroatoms. The summed E-state index contributed by atoms with van der Waals surface area (Å²) < 4.78 is 1.88. The maximum absolute atomic E-state index is 4.43. The molecule has 0 amide bonds. The predicted molar refractivity (Wildman–Crippen MR) is 59.5 cm³/mol. The minimum Gasteiger partial charge on any atom is -0.275 e. The Bertz CT molecular complexity index is 466. The molecule has 2 rings (SSSR count). The van der Waals surface area contributed by atoms with Gasteiger partial charge in [0.2, 0.25) is 0 Å². The molecule has 0 saturated carbocycles. The highest BCUT2D eigenvalue weighted by Gasteiger charge is 2.06. The maximum Gasteiger partial charge on any atom is 0.0928 e. The molecule has 0 unspecified atom stereocenters. The molecule has 74 valence electrons. The van der Waals surface area contributed by atoms with Crippen molar-refractivity contribution in [3.8, 4) is 0 Å². The Morgan fingerprint density at radius 3 is 2.64 bits per heavy atom. The molecule has 1 aromatic heterocycles.